The minimum absolute atomic E-state index is 0.226. The molecule has 150 valence electrons. The van der Waals surface area contributed by atoms with Gasteiger partial charge in [0.2, 0.25) is 10.0 Å². The lowest BCUT2D eigenvalue weighted by molar-refractivity contribution is 0.482. The Balaban J connectivity index is 2.18. The Morgan fingerprint density at radius 3 is 2.25 bits per heavy atom. The zero-order valence-electron chi connectivity index (χ0n) is 16.6. The number of nitrogens with one attached hydrogen (secondary N) is 2. The lowest BCUT2D eigenvalue weighted by atomic mass is 9.70. The van der Waals surface area contributed by atoms with E-state index in [1.165, 1.54) is 0 Å². The average molecular weight is 419 g/mol. The number of hydrogen-bond acceptors (Lipinski definition) is 3. The standard InChI is InChI=1S/C21H26N2O3S2/c1-5-21(6-2,15-10-12-16(13-11-15)27(3)24)18-14-22-20-17(18)8-7-9-19(20)23-28(4,25)26/h7-14,22-23H,5-6H2,1-4H3. The van der Waals surface area contributed by atoms with Crippen molar-refractivity contribution in [1.82, 2.24) is 4.98 Å². The van der Waals surface area contributed by atoms with Gasteiger partial charge >= 0.3 is 0 Å². The summed E-state index contributed by atoms with van der Waals surface area (Å²) in [4.78, 5) is 4.09. The van der Waals surface area contributed by atoms with Crippen molar-refractivity contribution < 1.29 is 12.6 Å². The van der Waals surface area contributed by atoms with Gasteiger partial charge in [0.05, 0.1) is 17.5 Å². The normalized spacial score (nSPS) is 13.6. The van der Waals surface area contributed by atoms with Gasteiger partial charge in [-0.3, -0.25) is 8.93 Å². The van der Waals surface area contributed by atoms with Crippen molar-refractivity contribution in [3.05, 3.63) is 59.8 Å². The summed E-state index contributed by atoms with van der Waals surface area (Å²) in [7, 11) is -4.38. The Morgan fingerprint density at radius 2 is 1.71 bits per heavy atom. The molecule has 0 aliphatic rings. The summed E-state index contributed by atoms with van der Waals surface area (Å²) in [6.45, 7) is 4.32. The summed E-state index contributed by atoms with van der Waals surface area (Å²) >= 11 is 0. The molecule has 0 bridgehead atoms. The third-order valence-electron chi connectivity index (χ3n) is 5.47. The zero-order valence-corrected chi connectivity index (χ0v) is 18.2. The Bertz CT molecular complexity index is 1110. The maximum absolute atomic E-state index is 11.8. The van der Waals surface area contributed by atoms with E-state index in [2.05, 4.69) is 35.7 Å². The van der Waals surface area contributed by atoms with Crippen LogP contribution < -0.4 is 4.72 Å². The number of aromatic nitrogens is 1. The largest absolute Gasteiger partial charge is 0.359 e. The van der Waals surface area contributed by atoms with Gasteiger partial charge in [0.1, 0.15) is 0 Å². The molecule has 0 aliphatic carbocycles. The van der Waals surface area contributed by atoms with Crippen molar-refractivity contribution in [3.8, 4) is 0 Å². The highest BCUT2D eigenvalue weighted by atomic mass is 32.2. The number of aromatic amines is 1. The van der Waals surface area contributed by atoms with Crippen LogP contribution in [0.3, 0.4) is 0 Å². The van der Waals surface area contributed by atoms with Crippen LogP contribution in [0.4, 0.5) is 5.69 Å². The number of anilines is 1. The first-order valence-corrected chi connectivity index (χ1v) is 12.7. The monoisotopic (exact) mass is 418 g/mol. The Kier molecular flexibility index (Phi) is 5.68. The number of sulfonamides is 1. The lowest BCUT2D eigenvalue weighted by Gasteiger charge is -2.33. The second kappa shape index (κ2) is 7.72. The lowest BCUT2D eigenvalue weighted by Crippen LogP contribution is -2.25. The Morgan fingerprint density at radius 1 is 1.07 bits per heavy atom. The molecule has 0 spiro atoms. The van der Waals surface area contributed by atoms with E-state index < -0.39 is 20.8 Å². The van der Waals surface area contributed by atoms with Gasteiger partial charge in [-0.15, -0.1) is 0 Å². The first-order chi connectivity index (χ1) is 13.2. The fraction of sp³-hybridized carbons (Fsp3) is 0.333. The summed E-state index contributed by atoms with van der Waals surface area (Å²) in [6, 6.07) is 13.6. The molecule has 0 fully saturated rings. The average Bonchev–Trinajstić information content (AvgIpc) is 3.08. The van der Waals surface area contributed by atoms with Crippen LogP contribution >= 0.6 is 0 Å². The predicted molar refractivity (Wildman–Crippen MR) is 117 cm³/mol. The van der Waals surface area contributed by atoms with Crippen molar-refractivity contribution >= 4 is 37.4 Å². The number of benzene rings is 2. The van der Waals surface area contributed by atoms with E-state index >= 15 is 0 Å². The highest BCUT2D eigenvalue weighted by Crippen LogP contribution is 2.43. The van der Waals surface area contributed by atoms with Crippen molar-refractivity contribution in [1.29, 1.82) is 0 Å². The quantitative estimate of drug-likeness (QED) is 0.597. The summed E-state index contributed by atoms with van der Waals surface area (Å²) in [5, 5.41) is 1.00. The molecular formula is C21H26N2O3S2. The van der Waals surface area contributed by atoms with Gasteiger partial charge in [-0.1, -0.05) is 38.1 Å². The molecule has 3 aromatic rings. The van der Waals surface area contributed by atoms with Crippen LogP contribution in [0.15, 0.2) is 53.6 Å². The molecule has 1 atom stereocenters. The SMILES string of the molecule is CCC(CC)(c1ccc(S(C)=O)cc1)c1c[nH]c2c(NS(C)(=O)=O)cccc12. The first-order valence-electron chi connectivity index (χ1n) is 9.24. The molecule has 7 heteroatoms. The highest BCUT2D eigenvalue weighted by Gasteiger charge is 2.33. The van der Waals surface area contributed by atoms with Crippen LogP contribution in [0.5, 0.6) is 0 Å². The summed E-state index contributed by atoms with van der Waals surface area (Å²) < 4.78 is 37.8. The number of rotatable bonds is 7. The van der Waals surface area contributed by atoms with E-state index in [1.807, 2.05) is 30.5 Å². The number of para-hydroxylation sites is 1. The van der Waals surface area contributed by atoms with Crippen molar-refractivity contribution in [3.63, 3.8) is 0 Å². The molecule has 2 aromatic carbocycles. The fourth-order valence-corrected chi connectivity index (χ4v) is 5.08. The smallest absolute Gasteiger partial charge is 0.229 e. The molecule has 2 N–H and O–H groups in total. The molecule has 5 nitrogen and oxygen atoms in total. The second-order valence-corrected chi connectivity index (χ2v) is 10.2. The molecule has 0 saturated carbocycles. The Labute approximate surface area is 169 Å². The van der Waals surface area contributed by atoms with Gasteiger partial charge in [0.25, 0.3) is 0 Å². The maximum Gasteiger partial charge on any atom is 0.229 e. The molecule has 0 aliphatic heterocycles. The first kappa shape index (κ1) is 20.6. The molecule has 0 saturated heterocycles. The molecule has 0 amide bonds. The highest BCUT2D eigenvalue weighted by molar-refractivity contribution is 7.92. The molecule has 1 heterocycles. The summed E-state index contributed by atoms with van der Waals surface area (Å²) in [5.41, 5.74) is 3.39. The van der Waals surface area contributed by atoms with Crippen LogP contribution in [0, 0.1) is 0 Å². The van der Waals surface area contributed by atoms with Crippen molar-refractivity contribution in [2.24, 2.45) is 0 Å². The van der Waals surface area contributed by atoms with Crippen molar-refractivity contribution in [2.75, 3.05) is 17.2 Å². The molecule has 3 rings (SSSR count). The Hall–Kier alpha value is -2.12. The molecule has 28 heavy (non-hydrogen) atoms. The van der Waals surface area contributed by atoms with Gasteiger partial charge in [-0.25, -0.2) is 8.42 Å². The van der Waals surface area contributed by atoms with Crippen LogP contribution in [-0.2, 0) is 26.2 Å². The summed E-state index contributed by atoms with van der Waals surface area (Å²) in [5.74, 6) is 0. The van der Waals surface area contributed by atoms with Gasteiger partial charge in [0.15, 0.2) is 0 Å². The molecule has 0 radical (unpaired) electrons. The van der Waals surface area contributed by atoms with E-state index in [4.69, 9.17) is 0 Å². The number of hydrogen-bond donors (Lipinski definition) is 2. The van der Waals surface area contributed by atoms with Gasteiger partial charge in [0, 0.05) is 38.9 Å². The topological polar surface area (TPSA) is 79.0 Å². The minimum atomic E-state index is -3.37. The molecule has 1 aromatic heterocycles. The van der Waals surface area contributed by atoms with Crippen LogP contribution in [0.2, 0.25) is 0 Å². The van der Waals surface area contributed by atoms with Gasteiger partial charge in [-0.2, -0.15) is 0 Å². The minimum Gasteiger partial charge on any atom is -0.359 e. The second-order valence-electron chi connectivity index (χ2n) is 7.07. The van der Waals surface area contributed by atoms with Crippen LogP contribution in [-0.4, -0.2) is 30.1 Å². The van der Waals surface area contributed by atoms with Crippen LogP contribution in [0.1, 0.15) is 37.8 Å². The van der Waals surface area contributed by atoms with Crippen molar-refractivity contribution in [2.45, 2.75) is 37.0 Å². The van der Waals surface area contributed by atoms with E-state index in [-0.39, 0.29) is 5.41 Å². The predicted octanol–water partition coefficient (Wildman–Crippen LogP) is 4.38. The number of fused-ring (bicyclic) bond motifs is 1. The third kappa shape index (κ3) is 3.73. The van der Waals surface area contributed by atoms with E-state index in [0.717, 1.165) is 46.0 Å². The zero-order chi connectivity index (χ0) is 20.5. The summed E-state index contributed by atoms with van der Waals surface area (Å²) in [6.07, 6.45) is 6.58. The molecule has 1 unspecified atom stereocenters. The number of H-pyrrole nitrogens is 1. The van der Waals surface area contributed by atoms with Crippen LogP contribution in [0.25, 0.3) is 10.9 Å². The van der Waals surface area contributed by atoms with E-state index in [0.29, 0.717) is 5.69 Å². The fourth-order valence-electron chi connectivity index (χ4n) is 4.00. The molecular weight excluding hydrogens is 392 g/mol. The third-order valence-corrected chi connectivity index (χ3v) is 7.00. The van der Waals surface area contributed by atoms with E-state index in [9.17, 15) is 12.6 Å². The maximum atomic E-state index is 11.8. The van der Waals surface area contributed by atoms with Gasteiger partial charge in [-0.05, 0) is 42.2 Å². The van der Waals surface area contributed by atoms with Gasteiger partial charge < -0.3 is 4.98 Å². The van der Waals surface area contributed by atoms with E-state index in [1.54, 1.807) is 12.3 Å².